The molecule has 4 aromatic rings. The van der Waals surface area contributed by atoms with Gasteiger partial charge in [-0.15, -0.1) is 0 Å². The number of rotatable bonds is 2. The maximum Gasteiger partial charge on any atom is 0.244 e. The molecular formula is C20H16N6O. The number of fused-ring (bicyclic) bond motifs is 2. The molecule has 0 radical (unpaired) electrons. The Bertz CT molecular complexity index is 1240. The Kier molecular flexibility index (Phi) is 3.28. The van der Waals surface area contributed by atoms with Crippen LogP contribution >= 0.6 is 0 Å². The van der Waals surface area contributed by atoms with E-state index in [1.165, 1.54) is 0 Å². The SMILES string of the molecule is Cn1ncc2c(-c3cc4c(N5CCC(C#N)C5=O)ccnn4c3)cccc21. The third kappa shape index (κ3) is 2.23. The van der Waals surface area contributed by atoms with Gasteiger partial charge in [0.05, 0.1) is 29.0 Å². The molecule has 0 aliphatic carbocycles. The lowest BCUT2D eigenvalue weighted by Crippen LogP contribution is -2.27. The maximum absolute atomic E-state index is 12.5. The number of amides is 1. The highest BCUT2D eigenvalue weighted by atomic mass is 16.2. The van der Waals surface area contributed by atoms with Crippen molar-refractivity contribution in [1.29, 1.82) is 5.26 Å². The summed E-state index contributed by atoms with van der Waals surface area (Å²) in [7, 11) is 1.92. The van der Waals surface area contributed by atoms with Gasteiger partial charge < -0.3 is 4.90 Å². The van der Waals surface area contributed by atoms with E-state index >= 15 is 0 Å². The molecule has 1 unspecified atom stereocenters. The van der Waals surface area contributed by atoms with Crippen molar-refractivity contribution in [3.05, 3.63) is 48.9 Å². The van der Waals surface area contributed by atoms with Crippen molar-refractivity contribution in [1.82, 2.24) is 19.4 Å². The van der Waals surface area contributed by atoms with E-state index in [1.54, 1.807) is 15.6 Å². The quantitative estimate of drug-likeness (QED) is 0.553. The number of nitriles is 1. The molecular weight excluding hydrogens is 340 g/mol. The molecule has 1 aromatic carbocycles. The van der Waals surface area contributed by atoms with Gasteiger partial charge >= 0.3 is 0 Å². The molecule has 1 saturated heterocycles. The van der Waals surface area contributed by atoms with Gasteiger partial charge in [-0.1, -0.05) is 12.1 Å². The third-order valence-corrected chi connectivity index (χ3v) is 5.24. The van der Waals surface area contributed by atoms with Crippen molar-refractivity contribution in [2.24, 2.45) is 13.0 Å². The minimum Gasteiger partial charge on any atom is -0.309 e. The summed E-state index contributed by atoms with van der Waals surface area (Å²) in [5.74, 6) is -0.695. The van der Waals surface area contributed by atoms with Crippen molar-refractivity contribution in [3.63, 3.8) is 0 Å². The van der Waals surface area contributed by atoms with Crippen molar-refractivity contribution < 1.29 is 4.79 Å². The Morgan fingerprint density at radius 1 is 1.22 bits per heavy atom. The molecule has 5 rings (SSSR count). The van der Waals surface area contributed by atoms with Gasteiger partial charge in [0, 0.05) is 36.9 Å². The van der Waals surface area contributed by atoms with E-state index < -0.39 is 5.92 Å². The molecule has 27 heavy (non-hydrogen) atoms. The predicted octanol–water partition coefficient (Wildman–Crippen LogP) is 2.76. The zero-order valence-electron chi connectivity index (χ0n) is 14.7. The molecule has 0 N–H and O–H groups in total. The van der Waals surface area contributed by atoms with E-state index in [9.17, 15) is 4.79 Å². The first-order chi connectivity index (χ1) is 13.2. The van der Waals surface area contributed by atoms with E-state index in [1.807, 2.05) is 48.4 Å². The van der Waals surface area contributed by atoms with Crippen LogP contribution in [-0.2, 0) is 11.8 Å². The minimum absolute atomic E-state index is 0.136. The second-order valence-corrected chi connectivity index (χ2v) is 6.74. The lowest BCUT2D eigenvalue weighted by molar-refractivity contribution is -0.118. The van der Waals surface area contributed by atoms with E-state index in [0.717, 1.165) is 33.2 Å². The highest BCUT2D eigenvalue weighted by molar-refractivity contribution is 6.03. The van der Waals surface area contributed by atoms with Crippen LogP contribution in [0.15, 0.2) is 48.9 Å². The van der Waals surface area contributed by atoms with E-state index in [4.69, 9.17) is 5.26 Å². The normalized spacial score (nSPS) is 17.1. The van der Waals surface area contributed by atoms with E-state index in [2.05, 4.69) is 22.3 Å². The summed E-state index contributed by atoms with van der Waals surface area (Å²) in [6, 6.07) is 12.1. The number of hydrogen-bond donors (Lipinski definition) is 0. The number of carbonyl (C=O) groups excluding carboxylic acids is 1. The van der Waals surface area contributed by atoms with Crippen molar-refractivity contribution >= 4 is 28.0 Å². The van der Waals surface area contributed by atoms with Gasteiger partial charge in [0.25, 0.3) is 0 Å². The molecule has 4 heterocycles. The Morgan fingerprint density at radius 2 is 2.11 bits per heavy atom. The zero-order chi connectivity index (χ0) is 18.5. The zero-order valence-corrected chi connectivity index (χ0v) is 14.7. The average molecular weight is 356 g/mol. The van der Waals surface area contributed by atoms with Gasteiger partial charge in [-0.05, 0) is 30.2 Å². The molecule has 0 spiro atoms. The standard InChI is InChI=1S/C20H16N6O/c1-24-17-4-2-3-15(16(17)11-23-24)14-9-19-18(5-7-22-26(19)12-14)25-8-6-13(10-21)20(25)27/h2-5,7,9,11-13H,6,8H2,1H3. The van der Waals surface area contributed by atoms with Gasteiger partial charge in [0.2, 0.25) is 5.91 Å². The molecule has 7 nitrogen and oxygen atoms in total. The highest BCUT2D eigenvalue weighted by Crippen LogP contribution is 2.34. The smallest absolute Gasteiger partial charge is 0.244 e. The number of anilines is 1. The summed E-state index contributed by atoms with van der Waals surface area (Å²) in [6.07, 6.45) is 6.07. The van der Waals surface area contributed by atoms with Gasteiger partial charge in [0.15, 0.2) is 0 Å². The summed E-state index contributed by atoms with van der Waals surface area (Å²) in [4.78, 5) is 14.2. The molecule has 1 aliphatic rings. The second kappa shape index (κ2) is 5.68. The first-order valence-electron chi connectivity index (χ1n) is 8.77. The van der Waals surface area contributed by atoms with Crippen LogP contribution in [-0.4, -0.2) is 31.8 Å². The summed E-state index contributed by atoms with van der Waals surface area (Å²) in [5, 5.41) is 19.0. The number of aromatic nitrogens is 4. The fourth-order valence-electron chi connectivity index (χ4n) is 3.84. The topological polar surface area (TPSA) is 79.2 Å². The third-order valence-electron chi connectivity index (χ3n) is 5.24. The van der Waals surface area contributed by atoms with Gasteiger partial charge in [-0.3, -0.25) is 9.48 Å². The largest absolute Gasteiger partial charge is 0.309 e. The molecule has 3 aromatic heterocycles. The van der Waals surface area contributed by atoms with Gasteiger partial charge in [0.1, 0.15) is 5.92 Å². The summed E-state index contributed by atoms with van der Waals surface area (Å²) >= 11 is 0. The molecule has 1 atom stereocenters. The molecule has 1 fully saturated rings. The summed E-state index contributed by atoms with van der Waals surface area (Å²) in [5.41, 5.74) is 4.77. The van der Waals surface area contributed by atoms with Crippen LogP contribution < -0.4 is 4.90 Å². The first-order valence-corrected chi connectivity index (χ1v) is 8.77. The fraction of sp³-hybridized carbons (Fsp3) is 0.200. The lowest BCUT2D eigenvalue weighted by atomic mass is 10.0. The van der Waals surface area contributed by atoms with Crippen molar-refractivity contribution in [2.75, 3.05) is 11.4 Å². The Balaban J connectivity index is 1.67. The maximum atomic E-state index is 12.5. The monoisotopic (exact) mass is 356 g/mol. The molecule has 1 aliphatic heterocycles. The first kappa shape index (κ1) is 15.6. The van der Waals surface area contributed by atoms with Crippen LogP contribution in [0.4, 0.5) is 5.69 Å². The number of benzene rings is 1. The van der Waals surface area contributed by atoms with Gasteiger partial charge in [-0.2, -0.15) is 15.5 Å². The average Bonchev–Trinajstić information content (AvgIpc) is 3.38. The van der Waals surface area contributed by atoms with Crippen LogP contribution in [0.5, 0.6) is 0 Å². The Hall–Kier alpha value is -3.66. The fourth-order valence-corrected chi connectivity index (χ4v) is 3.84. The number of aryl methyl sites for hydroxylation is 1. The van der Waals surface area contributed by atoms with E-state index in [-0.39, 0.29) is 5.91 Å². The minimum atomic E-state index is -0.559. The lowest BCUT2D eigenvalue weighted by Gasteiger charge is -2.16. The predicted molar refractivity (Wildman–Crippen MR) is 101 cm³/mol. The molecule has 0 saturated carbocycles. The number of nitrogens with zero attached hydrogens (tertiary/aromatic N) is 6. The Labute approximate surface area is 155 Å². The summed E-state index contributed by atoms with van der Waals surface area (Å²) in [6.45, 7) is 0.551. The second-order valence-electron chi connectivity index (χ2n) is 6.74. The van der Waals surface area contributed by atoms with Crippen LogP contribution in [0, 0.1) is 17.2 Å². The van der Waals surface area contributed by atoms with E-state index in [0.29, 0.717) is 13.0 Å². The molecule has 7 heteroatoms. The molecule has 132 valence electrons. The summed E-state index contributed by atoms with van der Waals surface area (Å²) < 4.78 is 3.64. The highest BCUT2D eigenvalue weighted by Gasteiger charge is 2.33. The van der Waals surface area contributed by atoms with Crippen LogP contribution in [0.2, 0.25) is 0 Å². The molecule has 1 amide bonds. The number of hydrogen-bond acceptors (Lipinski definition) is 4. The Morgan fingerprint density at radius 3 is 2.93 bits per heavy atom. The number of carbonyl (C=O) groups is 1. The van der Waals surface area contributed by atoms with Crippen molar-refractivity contribution in [2.45, 2.75) is 6.42 Å². The van der Waals surface area contributed by atoms with Crippen molar-refractivity contribution in [3.8, 4) is 17.2 Å². The van der Waals surface area contributed by atoms with Crippen LogP contribution in [0.1, 0.15) is 6.42 Å². The van der Waals surface area contributed by atoms with Gasteiger partial charge in [-0.25, -0.2) is 4.52 Å². The molecule has 0 bridgehead atoms. The van der Waals surface area contributed by atoms with Crippen LogP contribution in [0.25, 0.3) is 27.5 Å². The van der Waals surface area contributed by atoms with Crippen LogP contribution in [0.3, 0.4) is 0 Å².